The maximum Gasteiger partial charge on any atom is 0.490 e. The number of nitrogens with zero attached hydrogens (tertiary/aromatic N) is 5. The zero-order chi connectivity index (χ0) is 22.0. The predicted molar refractivity (Wildman–Crippen MR) is 97.5 cm³/mol. The number of carboxylic acid groups (broad SMARTS) is 1. The first-order chi connectivity index (χ1) is 13.3. The third-order valence-corrected chi connectivity index (χ3v) is 7.28. The van der Waals surface area contributed by atoms with Crippen molar-refractivity contribution in [2.24, 2.45) is 0 Å². The van der Waals surface area contributed by atoms with Crippen molar-refractivity contribution in [2.45, 2.75) is 63.7 Å². The van der Waals surface area contributed by atoms with Crippen molar-refractivity contribution in [3.05, 3.63) is 11.6 Å². The number of aliphatic carboxylic acids is 1. The summed E-state index contributed by atoms with van der Waals surface area (Å²) in [6, 6.07) is 0.436. The second-order valence-electron chi connectivity index (χ2n) is 7.39. The van der Waals surface area contributed by atoms with Gasteiger partial charge >= 0.3 is 12.1 Å². The summed E-state index contributed by atoms with van der Waals surface area (Å²) < 4.78 is 60.3. The van der Waals surface area contributed by atoms with Crippen LogP contribution in [-0.2, 0) is 34.3 Å². The van der Waals surface area contributed by atoms with Gasteiger partial charge in [-0.05, 0) is 33.7 Å². The summed E-state index contributed by atoms with van der Waals surface area (Å²) in [4.78, 5) is 11.1. The summed E-state index contributed by atoms with van der Waals surface area (Å²) in [7, 11) is -1.03. The fourth-order valence-corrected chi connectivity index (χ4v) is 4.55. The lowest BCUT2D eigenvalue weighted by atomic mass is 10.3. The van der Waals surface area contributed by atoms with Crippen LogP contribution >= 0.6 is 0 Å². The fourth-order valence-electron chi connectivity index (χ4n) is 2.72. The van der Waals surface area contributed by atoms with Crippen LogP contribution in [0, 0.1) is 0 Å². The number of sulfonamides is 1. The maximum absolute atomic E-state index is 12.4. The highest BCUT2D eigenvalue weighted by Crippen LogP contribution is 2.31. The van der Waals surface area contributed by atoms with Crippen LogP contribution in [0.4, 0.5) is 13.2 Å². The van der Waals surface area contributed by atoms with Crippen LogP contribution in [0.5, 0.6) is 0 Å². The van der Waals surface area contributed by atoms with Crippen molar-refractivity contribution in [2.75, 3.05) is 20.1 Å². The molecule has 1 fully saturated rings. The molecule has 1 aromatic rings. The number of aromatic nitrogens is 3. The molecular weight excluding hydrogens is 415 g/mol. The monoisotopic (exact) mass is 441 g/mol. The molecule has 2 aliphatic rings. The largest absolute Gasteiger partial charge is 0.490 e. The summed E-state index contributed by atoms with van der Waals surface area (Å²) in [5.41, 5.74) is 0. The first kappa shape index (κ1) is 23.5. The molecule has 1 aliphatic heterocycles. The molecule has 0 atom stereocenters. The predicted octanol–water partition coefficient (Wildman–Crippen LogP) is 1.10. The SMILES string of the molecule is CC(C)N(C)Cc1nnc2n1CCN(S(=O)(=O)C1CC1)CC2.O=C(O)C(F)(F)F. The molecule has 0 spiro atoms. The molecule has 1 saturated carbocycles. The third-order valence-electron chi connectivity index (χ3n) is 4.88. The molecule has 2 heterocycles. The summed E-state index contributed by atoms with van der Waals surface area (Å²) in [6.07, 6.45) is -2.81. The minimum absolute atomic E-state index is 0.136. The van der Waals surface area contributed by atoms with Crippen molar-refractivity contribution in [3.8, 4) is 0 Å². The van der Waals surface area contributed by atoms with E-state index in [1.54, 1.807) is 4.31 Å². The van der Waals surface area contributed by atoms with Gasteiger partial charge in [-0.1, -0.05) is 0 Å². The van der Waals surface area contributed by atoms with E-state index in [-0.39, 0.29) is 5.25 Å². The number of carboxylic acids is 1. The van der Waals surface area contributed by atoms with E-state index >= 15 is 0 Å². The normalized spacial score (nSPS) is 18.2. The van der Waals surface area contributed by atoms with E-state index in [2.05, 4.69) is 40.6 Å². The van der Waals surface area contributed by atoms with Crippen LogP contribution in [0.3, 0.4) is 0 Å². The first-order valence-corrected chi connectivity index (χ1v) is 10.7. The lowest BCUT2D eigenvalue weighted by molar-refractivity contribution is -0.192. The van der Waals surface area contributed by atoms with Gasteiger partial charge in [0.1, 0.15) is 11.6 Å². The van der Waals surface area contributed by atoms with E-state index < -0.39 is 22.2 Å². The highest BCUT2D eigenvalue weighted by atomic mass is 32.2. The van der Waals surface area contributed by atoms with Gasteiger partial charge in [0.25, 0.3) is 0 Å². The maximum atomic E-state index is 12.4. The summed E-state index contributed by atoms with van der Waals surface area (Å²) in [6.45, 7) is 6.72. The summed E-state index contributed by atoms with van der Waals surface area (Å²) in [5, 5.41) is 15.6. The van der Waals surface area contributed by atoms with Crippen molar-refractivity contribution in [3.63, 3.8) is 0 Å². The molecule has 0 unspecified atom stereocenters. The smallest absolute Gasteiger partial charge is 0.475 e. The van der Waals surface area contributed by atoms with E-state index in [0.717, 1.165) is 31.0 Å². The Labute approximate surface area is 167 Å². The van der Waals surface area contributed by atoms with Gasteiger partial charge in [0.2, 0.25) is 10.0 Å². The van der Waals surface area contributed by atoms with Crippen LogP contribution in [0.2, 0.25) is 0 Å². The lowest BCUT2D eigenvalue weighted by Crippen LogP contribution is -2.36. The molecule has 1 aliphatic carbocycles. The zero-order valence-electron chi connectivity index (χ0n) is 16.6. The average Bonchev–Trinajstić information content (AvgIpc) is 3.42. The Kier molecular flexibility index (Phi) is 7.28. The average molecular weight is 441 g/mol. The van der Waals surface area contributed by atoms with Crippen molar-refractivity contribution < 1.29 is 31.5 Å². The van der Waals surface area contributed by atoms with Gasteiger partial charge in [0.15, 0.2) is 0 Å². The first-order valence-electron chi connectivity index (χ1n) is 9.24. The number of carbonyl (C=O) groups is 1. The topological polar surface area (TPSA) is 109 Å². The van der Waals surface area contributed by atoms with Crippen LogP contribution in [0.15, 0.2) is 0 Å². The third kappa shape index (κ3) is 6.12. The highest BCUT2D eigenvalue weighted by molar-refractivity contribution is 7.90. The van der Waals surface area contributed by atoms with Crippen LogP contribution in [0.25, 0.3) is 0 Å². The lowest BCUT2D eigenvalue weighted by Gasteiger charge is -2.21. The van der Waals surface area contributed by atoms with Gasteiger partial charge in [-0.25, -0.2) is 13.2 Å². The van der Waals surface area contributed by atoms with Crippen molar-refractivity contribution in [1.82, 2.24) is 24.0 Å². The Bertz CT molecular complexity index is 821. The highest BCUT2D eigenvalue weighted by Gasteiger charge is 2.40. The summed E-state index contributed by atoms with van der Waals surface area (Å²) in [5.74, 6) is -0.926. The number of rotatable bonds is 5. The Morgan fingerprint density at radius 1 is 1.24 bits per heavy atom. The van der Waals surface area contributed by atoms with Gasteiger partial charge < -0.3 is 9.67 Å². The Morgan fingerprint density at radius 3 is 2.31 bits per heavy atom. The second kappa shape index (κ2) is 8.96. The Morgan fingerprint density at radius 2 is 1.83 bits per heavy atom. The fraction of sp³-hybridized carbons (Fsp3) is 0.812. The Balaban J connectivity index is 0.000000370. The molecule has 0 saturated heterocycles. The number of hydrogen-bond donors (Lipinski definition) is 1. The van der Waals surface area contributed by atoms with Crippen molar-refractivity contribution >= 4 is 16.0 Å². The van der Waals surface area contributed by atoms with E-state index in [9.17, 15) is 21.6 Å². The van der Waals surface area contributed by atoms with Gasteiger partial charge in [0.05, 0.1) is 11.8 Å². The molecule has 0 amide bonds. The van der Waals surface area contributed by atoms with E-state index in [1.807, 2.05) is 0 Å². The van der Waals surface area contributed by atoms with Gasteiger partial charge in [-0.15, -0.1) is 10.2 Å². The van der Waals surface area contributed by atoms with Crippen molar-refractivity contribution in [1.29, 1.82) is 0 Å². The molecule has 9 nitrogen and oxygen atoms in total. The Hall–Kier alpha value is -1.73. The minimum atomic E-state index is -5.08. The molecule has 29 heavy (non-hydrogen) atoms. The van der Waals surface area contributed by atoms with Gasteiger partial charge in [-0.3, -0.25) is 4.90 Å². The van der Waals surface area contributed by atoms with E-state index in [1.165, 1.54) is 0 Å². The molecule has 166 valence electrons. The number of hydrogen-bond acceptors (Lipinski definition) is 6. The number of alkyl halides is 3. The molecule has 0 radical (unpaired) electrons. The van der Waals surface area contributed by atoms with Crippen LogP contribution in [-0.4, -0.2) is 81.1 Å². The van der Waals surface area contributed by atoms with Gasteiger partial charge in [-0.2, -0.15) is 17.5 Å². The van der Waals surface area contributed by atoms with Gasteiger partial charge in [0, 0.05) is 32.1 Å². The van der Waals surface area contributed by atoms with E-state index in [0.29, 0.717) is 32.1 Å². The number of fused-ring (bicyclic) bond motifs is 1. The van der Waals surface area contributed by atoms with Crippen LogP contribution in [0.1, 0.15) is 38.3 Å². The zero-order valence-corrected chi connectivity index (χ0v) is 17.4. The molecule has 0 bridgehead atoms. The molecular formula is C16H26F3N5O4S. The second-order valence-corrected chi connectivity index (χ2v) is 9.60. The molecule has 0 aromatic carbocycles. The molecule has 1 aromatic heterocycles. The number of halogens is 3. The minimum Gasteiger partial charge on any atom is -0.475 e. The quantitative estimate of drug-likeness (QED) is 0.729. The molecule has 1 N–H and O–H groups in total. The standard InChI is InChI=1S/C14H25N5O2S.C2HF3O2/c1-11(2)17(3)10-14-16-15-13-6-7-18(8-9-19(13)14)22(20,21)12-4-5-12;3-2(4,5)1(6)7/h11-12H,4-10H2,1-3H3;(H,6,7). The van der Waals surface area contributed by atoms with E-state index in [4.69, 9.17) is 9.90 Å². The summed E-state index contributed by atoms with van der Waals surface area (Å²) >= 11 is 0. The molecule has 13 heteroatoms. The van der Waals surface area contributed by atoms with Crippen LogP contribution < -0.4 is 0 Å². The molecule has 3 rings (SSSR count).